The lowest BCUT2D eigenvalue weighted by Crippen LogP contribution is -2.36. The Kier molecular flexibility index (Phi) is 4.47. The predicted molar refractivity (Wildman–Crippen MR) is 104 cm³/mol. The monoisotopic (exact) mass is 347 g/mol. The molecule has 0 aliphatic carbocycles. The first kappa shape index (κ1) is 16.8. The fourth-order valence-corrected chi connectivity index (χ4v) is 3.84. The van der Waals surface area contributed by atoms with E-state index in [-0.39, 0.29) is 6.04 Å². The molecule has 0 spiro atoms. The second kappa shape index (κ2) is 6.92. The first-order valence-corrected chi connectivity index (χ1v) is 9.17. The topological polar surface area (TPSA) is 49.7 Å². The summed E-state index contributed by atoms with van der Waals surface area (Å²) < 4.78 is 2.25. The van der Waals surface area contributed by atoms with Gasteiger partial charge in [0.2, 0.25) is 0 Å². The van der Waals surface area contributed by atoms with Crippen LogP contribution in [-0.2, 0) is 13.0 Å². The summed E-state index contributed by atoms with van der Waals surface area (Å²) in [5, 5.41) is 0. The molecule has 0 saturated carbocycles. The number of imidazole rings is 2. The van der Waals surface area contributed by atoms with Crippen molar-refractivity contribution in [3.8, 4) is 0 Å². The molecule has 0 fully saturated rings. The molecule has 0 radical (unpaired) electrons. The molecule has 0 bridgehead atoms. The standard InChI is InChI=1S/C21H25N5/c1-4-16-6-5-7-17(12-16)21-20-18(23-14-24-20)8-10-25(21)13-19-22-9-11-26(19)15(2)3/h4-7,9,11-12,14-15,21H,1,8,10,13H2,2-3H3,(H,23,24)/t21-/m0/s1. The third-order valence-corrected chi connectivity index (χ3v) is 5.14. The van der Waals surface area contributed by atoms with E-state index < -0.39 is 0 Å². The highest BCUT2D eigenvalue weighted by Gasteiger charge is 2.31. The van der Waals surface area contributed by atoms with Crippen LogP contribution in [-0.4, -0.2) is 31.0 Å². The molecule has 26 heavy (non-hydrogen) atoms. The molecule has 1 N–H and O–H groups in total. The van der Waals surface area contributed by atoms with Crippen LogP contribution in [0.3, 0.4) is 0 Å². The Bertz CT molecular complexity index is 905. The summed E-state index contributed by atoms with van der Waals surface area (Å²) in [6, 6.07) is 9.11. The van der Waals surface area contributed by atoms with Gasteiger partial charge in [0.05, 0.1) is 24.6 Å². The largest absolute Gasteiger partial charge is 0.348 e. The van der Waals surface area contributed by atoms with Crippen LogP contribution in [0.2, 0.25) is 0 Å². The zero-order valence-corrected chi connectivity index (χ0v) is 15.4. The maximum absolute atomic E-state index is 4.66. The lowest BCUT2D eigenvalue weighted by molar-refractivity contribution is 0.192. The Labute approximate surface area is 154 Å². The Morgan fingerprint density at radius 1 is 1.35 bits per heavy atom. The van der Waals surface area contributed by atoms with Crippen LogP contribution in [0.4, 0.5) is 0 Å². The fourth-order valence-electron chi connectivity index (χ4n) is 3.84. The minimum atomic E-state index is 0.127. The van der Waals surface area contributed by atoms with E-state index in [1.807, 2.05) is 18.6 Å². The van der Waals surface area contributed by atoms with Gasteiger partial charge in [-0.2, -0.15) is 0 Å². The maximum atomic E-state index is 4.66. The Balaban J connectivity index is 1.73. The molecule has 5 nitrogen and oxygen atoms in total. The van der Waals surface area contributed by atoms with Gasteiger partial charge in [0.25, 0.3) is 0 Å². The fraction of sp³-hybridized carbons (Fsp3) is 0.333. The van der Waals surface area contributed by atoms with Crippen LogP contribution >= 0.6 is 0 Å². The highest BCUT2D eigenvalue weighted by atomic mass is 15.2. The molecule has 1 aliphatic rings. The molecule has 0 amide bonds. The van der Waals surface area contributed by atoms with Crippen molar-refractivity contribution in [3.05, 3.63) is 77.9 Å². The number of hydrogen-bond donors (Lipinski definition) is 1. The van der Waals surface area contributed by atoms with Crippen molar-refractivity contribution in [1.29, 1.82) is 0 Å². The highest BCUT2D eigenvalue weighted by molar-refractivity contribution is 5.49. The maximum Gasteiger partial charge on any atom is 0.123 e. The molecule has 3 heterocycles. The van der Waals surface area contributed by atoms with Gasteiger partial charge in [-0.3, -0.25) is 4.90 Å². The van der Waals surface area contributed by atoms with Gasteiger partial charge in [0, 0.05) is 37.1 Å². The van der Waals surface area contributed by atoms with Gasteiger partial charge in [-0.25, -0.2) is 9.97 Å². The number of nitrogens with one attached hydrogen (secondary N) is 1. The number of aromatic nitrogens is 4. The molecule has 0 unspecified atom stereocenters. The van der Waals surface area contributed by atoms with Crippen molar-refractivity contribution in [3.63, 3.8) is 0 Å². The lowest BCUT2D eigenvalue weighted by atomic mass is 9.94. The van der Waals surface area contributed by atoms with E-state index in [0.717, 1.165) is 36.6 Å². The van der Waals surface area contributed by atoms with Crippen LogP contribution in [0, 0.1) is 0 Å². The molecule has 2 aromatic heterocycles. The molecule has 4 rings (SSSR count). The summed E-state index contributed by atoms with van der Waals surface area (Å²) >= 11 is 0. The smallest absolute Gasteiger partial charge is 0.123 e. The molecule has 1 aromatic carbocycles. The molecular weight excluding hydrogens is 322 g/mol. The van der Waals surface area contributed by atoms with Crippen LogP contribution in [0.15, 0.2) is 49.6 Å². The summed E-state index contributed by atoms with van der Waals surface area (Å²) in [5.41, 5.74) is 4.74. The van der Waals surface area contributed by atoms with Gasteiger partial charge >= 0.3 is 0 Å². The van der Waals surface area contributed by atoms with E-state index >= 15 is 0 Å². The number of nitrogens with zero attached hydrogens (tertiary/aromatic N) is 4. The van der Waals surface area contributed by atoms with Gasteiger partial charge in [0.15, 0.2) is 0 Å². The van der Waals surface area contributed by atoms with Gasteiger partial charge in [0.1, 0.15) is 5.82 Å². The number of aromatic amines is 1. The third kappa shape index (κ3) is 2.99. The van der Waals surface area contributed by atoms with E-state index in [9.17, 15) is 0 Å². The molecule has 0 saturated heterocycles. The Hall–Kier alpha value is -2.66. The minimum Gasteiger partial charge on any atom is -0.348 e. The zero-order chi connectivity index (χ0) is 18.1. The van der Waals surface area contributed by atoms with Crippen LogP contribution < -0.4 is 0 Å². The second-order valence-electron chi connectivity index (χ2n) is 7.11. The molecule has 134 valence electrons. The summed E-state index contributed by atoms with van der Waals surface area (Å²) in [6.45, 7) is 10.1. The van der Waals surface area contributed by atoms with Crippen molar-refractivity contribution in [2.24, 2.45) is 0 Å². The lowest BCUT2D eigenvalue weighted by Gasteiger charge is -2.35. The van der Waals surface area contributed by atoms with E-state index in [4.69, 9.17) is 0 Å². The molecule has 5 heteroatoms. The number of benzene rings is 1. The normalized spacial score (nSPS) is 17.4. The Morgan fingerprint density at radius 3 is 3.04 bits per heavy atom. The Morgan fingerprint density at radius 2 is 2.23 bits per heavy atom. The van der Waals surface area contributed by atoms with Crippen LogP contribution in [0.5, 0.6) is 0 Å². The summed E-state index contributed by atoms with van der Waals surface area (Å²) in [5.74, 6) is 1.10. The van der Waals surface area contributed by atoms with Crippen LogP contribution in [0.25, 0.3) is 6.08 Å². The van der Waals surface area contributed by atoms with E-state index in [2.05, 4.69) is 75.3 Å². The summed E-state index contributed by atoms with van der Waals surface area (Å²) in [6.07, 6.45) is 8.65. The summed E-state index contributed by atoms with van der Waals surface area (Å²) in [4.78, 5) is 15.1. The first-order valence-electron chi connectivity index (χ1n) is 9.17. The zero-order valence-electron chi connectivity index (χ0n) is 15.4. The third-order valence-electron chi connectivity index (χ3n) is 5.14. The van der Waals surface area contributed by atoms with Crippen molar-refractivity contribution in [1.82, 2.24) is 24.4 Å². The predicted octanol–water partition coefficient (Wildman–Crippen LogP) is 3.98. The van der Waals surface area contributed by atoms with E-state index in [0.29, 0.717) is 6.04 Å². The second-order valence-corrected chi connectivity index (χ2v) is 7.11. The van der Waals surface area contributed by atoms with Gasteiger partial charge < -0.3 is 9.55 Å². The quantitative estimate of drug-likeness (QED) is 0.759. The average Bonchev–Trinajstić information content (AvgIpc) is 3.30. The van der Waals surface area contributed by atoms with E-state index in [1.165, 1.54) is 11.3 Å². The highest BCUT2D eigenvalue weighted by Crippen LogP contribution is 2.34. The molecule has 1 atom stereocenters. The molecular formula is C21H25N5. The average molecular weight is 347 g/mol. The molecule has 1 aliphatic heterocycles. The van der Waals surface area contributed by atoms with Crippen molar-refractivity contribution in [2.75, 3.05) is 6.54 Å². The van der Waals surface area contributed by atoms with Crippen molar-refractivity contribution < 1.29 is 0 Å². The summed E-state index contributed by atoms with van der Waals surface area (Å²) in [7, 11) is 0. The van der Waals surface area contributed by atoms with E-state index in [1.54, 1.807) is 0 Å². The van der Waals surface area contributed by atoms with Crippen LogP contribution in [0.1, 0.15) is 54.3 Å². The van der Waals surface area contributed by atoms with Gasteiger partial charge in [-0.05, 0) is 31.0 Å². The minimum absolute atomic E-state index is 0.127. The number of H-pyrrole nitrogens is 1. The van der Waals surface area contributed by atoms with Gasteiger partial charge in [-0.15, -0.1) is 0 Å². The number of fused-ring (bicyclic) bond motifs is 1. The molecule has 3 aromatic rings. The van der Waals surface area contributed by atoms with Crippen molar-refractivity contribution >= 4 is 6.08 Å². The van der Waals surface area contributed by atoms with Crippen molar-refractivity contribution in [2.45, 2.75) is 38.9 Å². The first-order chi connectivity index (χ1) is 12.7. The van der Waals surface area contributed by atoms with Gasteiger partial charge in [-0.1, -0.05) is 30.9 Å². The number of hydrogen-bond acceptors (Lipinski definition) is 3. The SMILES string of the molecule is C=Cc1cccc([C@H]2c3nc[nH]c3CCN2Cc2nccn2C(C)C)c1. The number of rotatable bonds is 5.